The van der Waals surface area contributed by atoms with Crippen molar-refractivity contribution in [2.24, 2.45) is 5.73 Å². The van der Waals surface area contributed by atoms with Crippen LogP contribution in [0.4, 0.5) is 5.69 Å². The van der Waals surface area contributed by atoms with E-state index in [9.17, 15) is 0 Å². The minimum Gasteiger partial charge on any atom is -0.377 e. The van der Waals surface area contributed by atoms with E-state index in [4.69, 9.17) is 5.73 Å². The monoisotopic (exact) mass is 192 g/mol. The highest BCUT2D eigenvalue weighted by molar-refractivity contribution is 5.56. The maximum Gasteiger partial charge on any atom is 0.0412 e. The molecule has 0 fully saturated rings. The summed E-state index contributed by atoms with van der Waals surface area (Å²) in [4.78, 5) is 2.10. The van der Waals surface area contributed by atoms with Crippen molar-refractivity contribution in [1.29, 1.82) is 0 Å². The van der Waals surface area contributed by atoms with E-state index >= 15 is 0 Å². The zero-order valence-electron chi connectivity index (χ0n) is 9.76. The number of rotatable bonds is 2. The maximum atomic E-state index is 6.14. The molecule has 0 saturated heterocycles. The molecule has 0 spiro atoms. The Kier molecular flexibility index (Phi) is 2.86. The van der Waals surface area contributed by atoms with Gasteiger partial charge in [-0.2, -0.15) is 0 Å². The number of hydrogen-bond donors (Lipinski definition) is 1. The van der Waals surface area contributed by atoms with Gasteiger partial charge in [0.2, 0.25) is 0 Å². The molecule has 2 heteroatoms. The Bertz CT molecular complexity index is 322. The van der Waals surface area contributed by atoms with Crippen LogP contribution in [0.25, 0.3) is 0 Å². The van der Waals surface area contributed by atoms with Crippen molar-refractivity contribution in [1.82, 2.24) is 0 Å². The molecule has 1 aromatic carbocycles. The van der Waals surface area contributed by atoms with Gasteiger partial charge in [-0.3, -0.25) is 0 Å². The molecule has 0 aromatic heterocycles. The first kappa shape index (κ1) is 11.1. The lowest BCUT2D eigenvalue weighted by molar-refractivity contribution is 0.554. The van der Waals surface area contributed by atoms with Crippen LogP contribution in [0.1, 0.15) is 25.0 Å². The molecule has 0 aliphatic carbocycles. The molecular formula is C12H20N2. The van der Waals surface area contributed by atoms with E-state index in [2.05, 4.69) is 30.0 Å². The van der Waals surface area contributed by atoms with Gasteiger partial charge in [0.15, 0.2) is 0 Å². The fourth-order valence-electron chi connectivity index (χ4n) is 1.56. The third kappa shape index (κ3) is 2.26. The highest BCUT2D eigenvalue weighted by atomic mass is 15.1. The van der Waals surface area contributed by atoms with Crippen molar-refractivity contribution in [2.45, 2.75) is 26.3 Å². The second-order valence-corrected chi connectivity index (χ2v) is 4.64. The van der Waals surface area contributed by atoms with Crippen molar-refractivity contribution in [3.8, 4) is 0 Å². The molecule has 0 amide bonds. The molecule has 2 N–H and O–H groups in total. The van der Waals surface area contributed by atoms with Gasteiger partial charge in [0.1, 0.15) is 0 Å². The Morgan fingerprint density at radius 3 is 2.21 bits per heavy atom. The summed E-state index contributed by atoms with van der Waals surface area (Å²) in [6.07, 6.45) is 0. The Balaban J connectivity index is 3.30. The van der Waals surface area contributed by atoms with Crippen molar-refractivity contribution in [3.05, 3.63) is 29.3 Å². The van der Waals surface area contributed by atoms with Crippen LogP contribution >= 0.6 is 0 Å². The zero-order valence-corrected chi connectivity index (χ0v) is 9.76. The lowest BCUT2D eigenvalue weighted by Gasteiger charge is -2.27. The highest BCUT2D eigenvalue weighted by Crippen LogP contribution is 2.28. The molecule has 0 atom stereocenters. The third-order valence-electron chi connectivity index (χ3n) is 2.33. The molecule has 0 heterocycles. The SMILES string of the molecule is Cc1ccc(N(C)C)c(C(C)(C)N)c1. The van der Waals surface area contributed by atoms with Crippen LogP contribution in [0.2, 0.25) is 0 Å². The van der Waals surface area contributed by atoms with Gasteiger partial charge in [-0.1, -0.05) is 17.7 Å². The molecule has 0 unspecified atom stereocenters. The molecule has 2 nitrogen and oxygen atoms in total. The lowest BCUT2D eigenvalue weighted by Crippen LogP contribution is -2.31. The third-order valence-corrected chi connectivity index (χ3v) is 2.33. The minimum atomic E-state index is -0.286. The van der Waals surface area contributed by atoms with Gasteiger partial charge in [0, 0.05) is 25.3 Å². The van der Waals surface area contributed by atoms with Crippen molar-refractivity contribution >= 4 is 5.69 Å². The Morgan fingerprint density at radius 1 is 1.21 bits per heavy atom. The summed E-state index contributed by atoms with van der Waals surface area (Å²) in [7, 11) is 4.08. The van der Waals surface area contributed by atoms with Gasteiger partial charge in [-0.05, 0) is 32.4 Å². The first-order chi connectivity index (χ1) is 6.32. The van der Waals surface area contributed by atoms with Gasteiger partial charge >= 0.3 is 0 Å². The summed E-state index contributed by atoms with van der Waals surface area (Å²) in [5, 5.41) is 0. The van der Waals surface area contributed by atoms with E-state index in [0.29, 0.717) is 0 Å². The van der Waals surface area contributed by atoms with Crippen molar-refractivity contribution < 1.29 is 0 Å². The normalized spacial score (nSPS) is 11.6. The van der Waals surface area contributed by atoms with E-state index in [0.717, 1.165) is 0 Å². The molecule has 0 bridgehead atoms. The lowest BCUT2D eigenvalue weighted by atomic mass is 9.92. The Labute approximate surface area is 86.7 Å². The number of anilines is 1. The second kappa shape index (κ2) is 3.62. The topological polar surface area (TPSA) is 29.3 Å². The molecule has 0 aliphatic rings. The van der Waals surface area contributed by atoms with E-state index in [1.165, 1.54) is 16.8 Å². The summed E-state index contributed by atoms with van der Waals surface area (Å²) < 4.78 is 0. The van der Waals surface area contributed by atoms with E-state index in [1.807, 2.05) is 27.9 Å². The number of nitrogens with two attached hydrogens (primary N) is 1. The van der Waals surface area contributed by atoms with E-state index in [-0.39, 0.29) is 5.54 Å². The predicted octanol–water partition coefficient (Wildman–Crippen LogP) is 2.25. The second-order valence-electron chi connectivity index (χ2n) is 4.64. The summed E-state index contributed by atoms with van der Waals surface area (Å²) in [5.74, 6) is 0. The molecule has 0 aliphatic heterocycles. The smallest absolute Gasteiger partial charge is 0.0412 e. The molecule has 14 heavy (non-hydrogen) atoms. The van der Waals surface area contributed by atoms with Crippen molar-refractivity contribution in [3.63, 3.8) is 0 Å². The summed E-state index contributed by atoms with van der Waals surface area (Å²) in [6.45, 7) is 6.16. The average Bonchev–Trinajstić information content (AvgIpc) is 2.01. The molecule has 1 aromatic rings. The Hall–Kier alpha value is -1.02. The first-order valence-corrected chi connectivity index (χ1v) is 4.89. The Morgan fingerprint density at radius 2 is 1.79 bits per heavy atom. The van der Waals surface area contributed by atoms with Crippen LogP contribution in [-0.4, -0.2) is 14.1 Å². The standard InChI is InChI=1S/C12H20N2/c1-9-6-7-11(14(4)5)10(8-9)12(2,3)13/h6-8H,13H2,1-5H3. The van der Waals surface area contributed by atoms with Crippen LogP contribution in [0, 0.1) is 6.92 Å². The fourth-order valence-corrected chi connectivity index (χ4v) is 1.56. The maximum absolute atomic E-state index is 6.14. The first-order valence-electron chi connectivity index (χ1n) is 4.89. The molecule has 0 radical (unpaired) electrons. The molecule has 78 valence electrons. The molecular weight excluding hydrogens is 172 g/mol. The number of nitrogens with zero attached hydrogens (tertiary/aromatic N) is 1. The van der Waals surface area contributed by atoms with Gasteiger partial charge in [0.25, 0.3) is 0 Å². The number of hydrogen-bond acceptors (Lipinski definition) is 2. The minimum absolute atomic E-state index is 0.286. The van der Waals surface area contributed by atoms with Crippen LogP contribution < -0.4 is 10.6 Å². The number of aryl methyl sites for hydroxylation is 1. The van der Waals surface area contributed by atoms with Gasteiger partial charge in [-0.15, -0.1) is 0 Å². The predicted molar refractivity (Wildman–Crippen MR) is 62.7 cm³/mol. The van der Waals surface area contributed by atoms with E-state index in [1.54, 1.807) is 0 Å². The summed E-state index contributed by atoms with van der Waals surface area (Å²) >= 11 is 0. The quantitative estimate of drug-likeness (QED) is 0.778. The van der Waals surface area contributed by atoms with Gasteiger partial charge < -0.3 is 10.6 Å². The van der Waals surface area contributed by atoms with Gasteiger partial charge in [-0.25, -0.2) is 0 Å². The van der Waals surface area contributed by atoms with Crippen LogP contribution in [0.15, 0.2) is 18.2 Å². The largest absolute Gasteiger partial charge is 0.377 e. The highest BCUT2D eigenvalue weighted by Gasteiger charge is 2.19. The molecule has 1 rings (SSSR count). The summed E-state index contributed by atoms with van der Waals surface area (Å²) in [6, 6.07) is 6.40. The summed E-state index contributed by atoms with van der Waals surface area (Å²) in [5.41, 5.74) is 9.50. The van der Waals surface area contributed by atoms with Crippen molar-refractivity contribution in [2.75, 3.05) is 19.0 Å². The average molecular weight is 192 g/mol. The molecule has 0 saturated carbocycles. The van der Waals surface area contributed by atoms with Crippen LogP contribution in [0.5, 0.6) is 0 Å². The van der Waals surface area contributed by atoms with Crippen LogP contribution in [0.3, 0.4) is 0 Å². The number of benzene rings is 1. The van der Waals surface area contributed by atoms with E-state index < -0.39 is 0 Å². The van der Waals surface area contributed by atoms with Crippen LogP contribution in [-0.2, 0) is 5.54 Å². The van der Waals surface area contributed by atoms with Gasteiger partial charge in [0.05, 0.1) is 0 Å². The zero-order chi connectivity index (χ0) is 10.9. The fraction of sp³-hybridized carbons (Fsp3) is 0.500.